The number of hydrogen-bond acceptors (Lipinski definition) is 5. The highest BCUT2D eigenvalue weighted by molar-refractivity contribution is 5.95. The Morgan fingerprint density at radius 2 is 1.83 bits per heavy atom. The Hall–Kier alpha value is -2.54. The molecule has 2 aliphatic heterocycles. The van der Waals surface area contributed by atoms with E-state index in [1.807, 2.05) is 30.0 Å². The van der Waals surface area contributed by atoms with Crippen molar-refractivity contribution in [3.63, 3.8) is 0 Å². The Kier molecular flexibility index (Phi) is 5.76. The second kappa shape index (κ2) is 8.45. The first kappa shape index (κ1) is 19.8. The van der Waals surface area contributed by atoms with Gasteiger partial charge < -0.3 is 19.3 Å². The van der Waals surface area contributed by atoms with Crippen LogP contribution in [0.25, 0.3) is 11.3 Å². The molecular weight excluding hydrogens is 368 g/mol. The minimum atomic E-state index is 0.0305. The lowest BCUT2D eigenvalue weighted by molar-refractivity contribution is 0.0638. The van der Waals surface area contributed by atoms with Gasteiger partial charge in [0.2, 0.25) is 0 Å². The van der Waals surface area contributed by atoms with Gasteiger partial charge in [-0.2, -0.15) is 5.10 Å². The van der Waals surface area contributed by atoms with Crippen LogP contribution in [-0.2, 0) is 0 Å². The minimum absolute atomic E-state index is 0.0305. The molecule has 4 rings (SSSR count). The summed E-state index contributed by atoms with van der Waals surface area (Å²) in [6.07, 6.45) is 4.72. The molecule has 0 saturated carbocycles. The third kappa shape index (κ3) is 3.83. The molecule has 0 spiro atoms. The number of aromatic nitrogens is 2. The van der Waals surface area contributed by atoms with E-state index in [-0.39, 0.29) is 5.91 Å². The highest BCUT2D eigenvalue weighted by atomic mass is 16.5. The van der Waals surface area contributed by atoms with Crippen LogP contribution in [0.4, 0.5) is 0 Å². The van der Waals surface area contributed by atoms with E-state index >= 15 is 0 Å². The molecule has 3 heterocycles. The van der Waals surface area contributed by atoms with Gasteiger partial charge in [0.1, 0.15) is 17.2 Å². The zero-order valence-corrected chi connectivity index (χ0v) is 17.5. The second-order valence-corrected chi connectivity index (χ2v) is 7.90. The molecule has 7 heteroatoms. The third-order valence-corrected chi connectivity index (χ3v) is 6.29. The summed E-state index contributed by atoms with van der Waals surface area (Å²) in [5.41, 5.74) is 2.93. The normalized spacial score (nSPS) is 18.2. The molecule has 0 unspecified atom stereocenters. The maximum absolute atomic E-state index is 13.2. The Labute approximate surface area is 172 Å². The molecule has 1 amide bonds. The fraction of sp³-hybridized carbons (Fsp3) is 0.545. The fourth-order valence-electron chi connectivity index (χ4n) is 4.57. The average Bonchev–Trinajstić information content (AvgIpc) is 3.43. The molecule has 29 heavy (non-hydrogen) atoms. The summed E-state index contributed by atoms with van der Waals surface area (Å²) >= 11 is 0. The highest BCUT2D eigenvalue weighted by Gasteiger charge is 2.30. The van der Waals surface area contributed by atoms with Crippen LogP contribution in [0.5, 0.6) is 11.5 Å². The van der Waals surface area contributed by atoms with Gasteiger partial charge in [-0.25, -0.2) is 0 Å². The predicted molar refractivity (Wildman–Crippen MR) is 112 cm³/mol. The van der Waals surface area contributed by atoms with Crippen LogP contribution in [-0.4, -0.2) is 72.3 Å². The van der Waals surface area contributed by atoms with E-state index in [0.717, 1.165) is 48.5 Å². The Balaban J connectivity index is 1.51. The number of nitrogens with one attached hydrogen (secondary N) is 1. The molecule has 0 aliphatic carbocycles. The molecule has 2 aliphatic rings. The lowest BCUT2D eigenvalue weighted by atomic mass is 10.0. The van der Waals surface area contributed by atoms with Crippen molar-refractivity contribution in [1.29, 1.82) is 0 Å². The van der Waals surface area contributed by atoms with E-state index in [1.54, 1.807) is 14.2 Å². The molecule has 7 nitrogen and oxygen atoms in total. The quantitative estimate of drug-likeness (QED) is 0.838. The standard InChI is InChI=1S/C22H30N4O3/c1-15-20(18-14-17(28-2)6-7-19(18)29-3)23-24-21(15)22(27)26-12-8-16(9-13-26)25-10-4-5-11-25/h6-7,14,16H,4-5,8-13H2,1-3H3,(H,23,24). The molecule has 0 radical (unpaired) electrons. The topological polar surface area (TPSA) is 70.7 Å². The van der Waals surface area contributed by atoms with Gasteiger partial charge in [0.15, 0.2) is 0 Å². The van der Waals surface area contributed by atoms with Gasteiger partial charge in [-0.3, -0.25) is 9.89 Å². The van der Waals surface area contributed by atoms with Crippen molar-refractivity contribution in [2.24, 2.45) is 0 Å². The summed E-state index contributed by atoms with van der Waals surface area (Å²) in [5, 5.41) is 7.42. The van der Waals surface area contributed by atoms with Crippen LogP contribution < -0.4 is 9.47 Å². The molecule has 0 atom stereocenters. The van der Waals surface area contributed by atoms with E-state index in [9.17, 15) is 4.79 Å². The monoisotopic (exact) mass is 398 g/mol. The lowest BCUT2D eigenvalue weighted by Gasteiger charge is -2.36. The van der Waals surface area contributed by atoms with E-state index in [4.69, 9.17) is 9.47 Å². The van der Waals surface area contributed by atoms with Gasteiger partial charge in [0.25, 0.3) is 5.91 Å². The number of methoxy groups -OCH3 is 2. The zero-order chi connectivity index (χ0) is 20.4. The summed E-state index contributed by atoms with van der Waals surface area (Å²) in [7, 11) is 3.26. The molecule has 0 bridgehead atoms. The van der Waals surface area contributed by atoms with Crippen LogP contribution >= 0.6 is 0 Å². The maximum Gasteiger partial charge on any atom is 0.272 e. The van der Waals surface area contributed by atoms with Crippen LogP contribution in [0.1, 0.15) is 41.7 Å². The van der Waals surface area contributed by atoms with Gasteiger partial charge in [-0.05, 0) is 63.9 Å². The number of carbonyl (C=O) groups excluding carboxylic acids is 1. The molecule has 1 N–H and O–H groups in total. The number of carbonyl (C=O) groups is 1. The lowest BCUT2D eigenvalue weighted by Crippen LogP contribution is -2.46. The Bertz CT molecular complexity index is 865. The number of rotatable bonds is 5. The van der Waals surface area contributed by atoms with E-state index in [0.29, 0.717) is 17.5 Å². The van der Waals surface area contributed by atoms with Gasteiger partial charge in [-0.15, -0.1) is 0 Å². The first-order chi connectivity index (χ1) is 14.1. The van der Waals surface area contributed by atoms with Gasteiger partial charge in [-0.1, -0.05) is 0 Å². The predicted octanol–water partition coefficient (Wildman–Crippen LogP) is 3.10. The number of amides is 1. The highest BCUT2D eigenvalue weighted by Crippen LogP contribution is 2.35. The molecule has 1 aromatic carbocycles. The SMILES string of the molecule is COc1ccc(OC)c(-c2n[nH]c(C(=O)N3CCC(N4CCCC4)CC3)c2C)c1. The minimum Gasteiger partial charge on any atom is -0.497 e. The largest absolute Gasteiger partial charge is 0.497 e. The van der Waals surface area contributed by atoms with Gasteiger partial charge in [0.05, 0.1) is 19.9 Å². The molecule has 2 fully saturated rings. The van der Waals surface area contributed by atoms with Crippen molar-refractivity contribution in [2.45, 2.75) is 38.6 Å². The molecular formula is C22H30N4O3. The summed E-state index contributed by atoms with van der Waals surface area (Å²) in [6.45, 7) is 5.96. The van der Waals surface area contributed by atoms with Crippen molar-refractivity contribution in [2.75, 3.05) is 40.4 Å². The van der Waals surface area contributed by atoms with Crippen molar-refractivity contribution < 1.29 is 14.3 Å². The smallest absolute Gasteiger partial charge is 0.272 e. The Morgan fingerprint density at radius 3 is 2.48 bits per heavy atom. The average molecular weight is 399 g/mol. The summed E-state index contributed by atoms with van der Waals surface area (Å²) in [6, 6.07) is 6.21. The Morgan fingerprint density at radius 1 is 1.10 bits per heavy atom. The van der Waals surface area contributed by atoms with Crippen LogP contribution in [0.3, 0.4) is 0 Å². The van der Waals surface area contributed by atoms with E-state index in [1.165, 1.54) is 25.9 Å². The number of likely N-dealkylation sites (tertiary alicyclic amines) is 2. The van der Waals surface area contributed by atoms with Crippen molar-refractivity contribution in [3.8, 4) is 22.8 Å². The summed E-state index contributed by atoms with van der Waals surface area (Å²) < 4.78 is 10.8. The maximum atomic E-state index is 13.2. The number of benzene rings is 1. The number of aromatic amines is 1. The van der Waals surface area contributed by atoms with Crippen LogP contribution in [0.15, 0.2) is 18.2 Å². The molecule has 2 saturated heterocycles. The summed E-state index contributed by atoms with van der Waals surface area (Å²) in [4.78, 5) is 17.7. The van der Waals surface area contributed by atoms with Crippen LogP contribution in [0.2, 0.25) is 0 Å². The van der Waals surface area contributed by atoms with Crippen molar-refractivity contribution >= 4 is 5.91 Å². The second-order valence-electron chi connectivity index (χ2n) is 7.90. The van der Waals surface area contributed by atoms with Crippen LogP contribution in [0, 0.1) is 6.92 Å². The first-order valence-electron chi connectivity index (χ1n) is 10.4. The number of piperidine rings is 1. The molecule has 156 valence electrons. The number of H-pyrrole nitrogens is 1. The van der Waals surface area contributed by atoms with Crippen molar-refractivity contribution in [1.82, 2.24) is 20.0 Å². The number of hydrogen-bond donors (Lipinski definition) is 1. The summed E-state index contributed by atoms with van der Waals surface area (Å²) in [5.74, 6) is 1.45. The zero-order valence-electron chi connectivity index (χ0n) is 17.5. The van der Waals surface area contributed by atoms with Crippen molar-refractivity contribution in [3.05, 3.63) is 29.5 Å². The third-order valence-electron chi connectivity index (χ3n) is 6.29. The molecule has 2 aromatic rings. The number of ether oxygens (including phenoxy) is 2. The van der Waals surface area contributed by atoms with Gasteiger partial charge in [0, 0.05) is 30.3 Å². The van der Waals surface area contributed by atoms with E-state index in [2.05, 4.69) is 15.1 Å². The first-order valence-corrected chi connectivity index (χ1v) is 10.4. The van der Waals surface area contributed by atoms with Gasteiger partial charge >= 0.3 is 0 Å². The van der Waals surface area contributed by atoms with E-state index < -0.39 is 0 Å². The fourth-order valence-corrected chi connectivity index (χ4v) is 4.57. The molecule has 1 aromatic heterocycles. The number of nitrogens with zero attached hydrogens (tertiary/aromatic N) is 3.